The molecule has 1 aromatic heterocycles. The molecule has 0 aliphatic heterocycles. The van der Waals surface area contributed by atoms with Crippen LogP contribution < -0.4 is 10.9 Å². The summed E-state index contributed by atoms with van der Waals surface area (Å²) in [5.41, 5.74) is 2.15. The van der Waals surface area contributed by atoms with Gasteiger partial charge in [-0.05, 0) is 55.3 Å². The summed E-state index contributed by atoms with van der Waals surface area (Å²) < 4.78 is 2.58. The van der Waals surface area contributed by atoms with Gasteiger partial charge < -0.3 is 5.32 Å². The van der Waals surface area contributed by atoms with Crippen molar-refractivity contribution in [1.82, 2.24) is 9.55 Å². The fourth-order valence-corrected chi connectivity index (χ4v) is 4.26. The van der Waals surface area contributed by atoms with Crippen LogP contribution in [0.5, 0.6) is 0 Å². The number of nitrogens with one attached hydrogen (secondary N) is 1. The van der Waals surface area contributed by atoms with Crippen LogP contribution in [0.4, 0.5) is 5.69 Å². The number of hydrogen-bond donors (Lipinski definition) is 1. The third-order valence-corrected chi connectivity index (χ3v) is 5.83. The summed E-state index contributed by atoms with van der Waals surface area (Å²) in [4.78, 5) is 29.8. The summed E-state index contributed by atoms with van der Waals surface area (Å²) in [6.07, 6.45) is 0.790. The summed E-state index contributed by atoms with van der Waals surface area (Å²) in [5, 5.41) is 4.47. The van der Waals surface area contributed by atoms with Gasteiger partial charge in [0, 0.05) is 21.7 Å². The Balaban J connectivity index is 1.83. The molecule has 1 N–H and O–H groups in total. The van der Waals surface area contributed by atoms with Crippen molar-refractivity contribution in [3.8, 4) is 0 Å². The lowest BCUT2D eigenvalue weighted by Gasteiger charge is -2.13. The van der Waals surface area contributed by atoms with Gasteiger partial charge in [0.1, 0.15) is 0 Å². The minimum atomic E-state index is -0.154. The number of carbonyl (C=O) groups is 1. The van der Waals surface area contributed by atoms with Gasteiger partial charge in [0.2, 0.25) is 5.91 Å². The van der Waals surface area contributed by atoms with Crippen molar-refractivity contribution in [1.29, 1.82) is 0 Å². The predicted octanol–water partition coefficient (Wildman–Crippen LogP) is 5.26. The highest BCUT2D eigenvalue weighted by atomic mass is 79.9. The van der Waals surface area contributed by atoms with Gasteiger partial charge in [-0.2, -0.15) is 0 Å². The summed E-state index contributed by atoms with van der Waals surface area (Å²) in [6.45, 7) is 4.47. The van der Waals surface area contributed by atoms with Gasteiger partial charge in [0.15, 0.2) is 5.16 Å². The van der Waals surface area contributed by atoms with Crippen molar-refractivity contribution in [2.24, 2.45) is 0 Å². The van der Waals surface area contributed by atoms with Crippen LogP contribution in [-0.4, -0.2) is 21.2 Å². The average molecular weight is 481 g/mol. The lowest BCUT2D eigenvalue weighted by atomic mass is 10.2. The van der Waals surface area contributed by atoms with Crippen LogP contribution in [0.3, 0.4) is 0 Å². The SMILES string of the molecule is CCCn1c(SCC(=O)Nc2ccc(Br)cc2C)nc2cc(Cl)ccc2c1=O. The molecule has 0 fully saturated rings. The van der Waals surface area contributed by atoms with Crippen LogP contribution in [-0.2, 0) is 11.3 Å². The number of aryl methyl sites for hydroxylation is 1. The van der Waals surface area contributed by atoms with Crippen LogP contribution in [0, 0.1) is 6.92 Å². The zero-order chi connectivity index (χ0) is 20.3. The molecular formula is C20H19BrClN3O2S. The molecule has 8 heteroatoms. The molecule has 0 unspecified atom stereocenters. The molecule has 0 aliphatic carbocycles. The van der Waals surface area contributed by atoms with E-state index >= 15 is 0 Å². The van der Waals surface area contributed by atoms with E-state index in [1.807, 2.05) is 32.0 Å². The minimum Gasteiger partial charge on any atom is -0.325 e. The summed E-state index contributed by atoms with van der Waals surface area (Å²) in [7, 11) is 0. The van der Waals surface area contributed by atoms with Crippen molar-refractivity contribution in [2.75, 3.05) is 11.1 Å². The number of nitrogens with zero attached hydrogens (tertiary/aromatic N) is 2. The number of hydrogen-bond acceptors (Lipinski definition) is 4. The van der Waals surface area contributed by atoms with E-state index in [9.17, 15) is 9.59 Å². The molecule has 28 heavy (non-hydrogen) atoms. The van der Waals surface area contributed by atoms with Gasteiger partial charge in [-0.15, -0.1) is 0 Å². The predicted molar refractivity (Wildman–Crippen MR) is 120 cm³/mol. The van der Waals surface area contributed by atoms with E-state index in [-0.39, 0.29) is 17.2 Å². The van der Waals surface area contributed by atoms with E-state index in [1.54, 1.807) is 22.8 Å². The van der Waals surface area contributed by atoms with E-state index in [4.69, 9.17) is 11.6 Å². The van der Waals surface area contributed by atoms with Crippen molar-refractivity contribution in [3.63, 3.8) is 0 Å². The van der Waals surface area contributed by atoms with Crippen molar-refractivity contribution >= 4 is 61.8 Å². The molecule has 5 nitrogen and oxygen atoms in total. The monoisotopic (exact) mass is 479 g/mol. The number of benzene rings is 2. The van der Waals surface area contributed by atoms with Crippen LogP contribution in [0.1, 0.15) is 18.9 Å². The third kappa shape index (κ3) is 4.77. The fraction of sp³-hybridized carbons (Fsp3) is 0.250. The molecule has 0 saturated heterocycles. The van der Waals surface area contributed by atoms with Gasteiger partial charge in [-0.25, -0.2) is 4.98 Å². The zero-order valence-corrected chi connectivity index (χ0v) is 18.6. The minimum absolute atomic E-state index is 0.116. The lowest BCUT2D eigenvalue weighted by Crippen LogP contribution is -2.24. The van der Waals surface area contributed by atoms with Crippen LogP contribution in [0.2, 0.25) is 5.02 Å². The van der Waals surface area contributed by atoms with E-state index in [1.165, 1.54) is 11.8 Å². The molecule has 1 heterocycles. The quantitative estimate of drug-likeness (QED) is 0.386. The molecule has 0 aliphatic rings. The molecule has 0 radical (unpaired) electrons. The van der Waals surface area contributed by atoms with Gasteiger partial charge in [0.05, 0.1) is 16.7 Å². The Hall–Kier alpha value is -1.83. The van der Waals surface area contributed by atoms with Crippen molar-refractivity contribution in [2.45, 2.75) is 32.0 Å². The number of aromatic nitrogens is 2. The summed E-state index contributed by atoms with van der Waals surface area (Å²) in [5.74, 6) is -0.00326. The Bertz CT molecular complexity index is 1100. The van der Waals surface area contributed by atoms with E-state index in [0.29, 0.717) is 27.6 Å². The van der Waals surface area contributed by atoms with Crippen LogP contribution in [0.25, 0.3) is 10.9 Å². The van der Waals surface area contributed by atoms with Gasteiger partial charge in [-0.1, -0.05) is 46.2 Å². The first kappa shape index (κ1) is 20.9. The molecule has 0 saturated carbocycles. The van der Waals surface area contributed by atoms with Gasteiger partial charge >= 0.3 is 0 Å². The maximum atomic E-state index is 12.8. The number of fused-ring (bicyclic) bond motifs is 1. The largest absolute Gasteiger partial charge is 0.325 e. The molecule has 3 aromatic rings. The number of amides is 1. The van der Waals surface area contributed by atoms with E-state index in [0.717, 1.165) is 22.1 Å². The maximum absolute atomic E-state index is 12.8. The summed E-state index contributed by atoms with van der Waals surface area (Å²) >= 11 is 10.7. The first-order valence-electron chi connectivity index (χ1n) is 8.78. The molecule has 0 bridgehead atoms. The number of thioether (sulfide) groups is 1. The lowest BCUT2D eigenvalue weighted by molar-refractivity contribution is -0.113. The highest BCUT2D eigenvalue weighted by molar-refractivity contribution is 9.10. The molecule has 146 valence electrons. The second kappa shape index (κ2) is 9.11. The molecule has 2 aromatic carbocycles. The molecule has 0 spiro atoms. The van der Waals surface area contributed by atoms with Crippen LogP contribution >= 0.6 is 39.3 Å². The Labute approximate surface area is 180 Å². The smallest absolute Gasteiger partial charge is 0.262 e. The van der Waals surface area contributed by atoms with Gasteiger partial charge in [0.25, 0.3) is 5.56 Å². The topological polar surface area (TPSA) is 64.0 Å². The Morgan fingerprint density at radius 1 is 1.29 bits per heavy atom. The summed E-state index contributed by atoms with van der Waals surface area (Å²) in [6, 6.07) is 10.7. The third-order valence-electron chi connectivity index (χ3n) is 4.12. The Morgan fingerprint density at radius 3 is 2.79 bits per heavy atom. The fourth-order valence-electron chi connectivity index (χ4n) is 2.79. The molecule has 1 amide bonds. The van der Waals surface area contributed by atoms with E-state index < -0.39 is 0 Å². The number of anilines is 1. The maximum Gasteiger partial charge on any atom is 0.262 e. The zero-order valence-electron chi connectivity index (χ0n) is 15.5. The van der Waals surface area contributed by atoms with Crippen LogP contribution in [0.15, 0.2) is 50.8 Å². The normalized spacial score (nSPS) is 11.0. The highest BCUT2D eigenvalue weighted by Crippen LogP contribution is 2.23. The second-order valence-corrected chi connectivity index (χ2v) is 8.60. The Morgan fingerprint density at radius 2 is 2.07 bits per heavy atom. The number of rotatable bonds is 6. The molecular weight excluding hydrogens is 462 g/mol. The molecule has 0 atom stereocenters. The van der Waals surface area contributed by atoms with E-state index in [2.05, 4.69) is 26.2 Å². The number of halogens is 2. The first-order valence-corrected chi connectivity index (χ1v) is 10.9. The number of carbonyl (C=O) groups excluding carboxylic acids is 1. The van der Waals surface area contributed by atoms with Gasteiger partial charge in [-0.3, -0.25) is 14.2 Å². The van der Waals surface area contributed by atoms with Crippen molar-refractivity contribution in [3.05, 3.63) is 61.8 Å². The standard InChI is InChI=1S/C20H19BrClN3O2S/c1-3-8-25-19(27)15-6-5-14(22)10-17(15)24-20(25)28-11-18(26)23-16-7-4-13(21)9-12(16)2/h4-7,9-10H,3,8,11H2,1-2H3,(H,23,26). The average Bonchev–Trinajstić information content (AvgIpc) is 2.65. The second-order valence-electron chi connectivity index (χ2n) is 6.31. The molecule has 3 rings (SSSR count). The first-order chi connectivity index (χ1) is 13.4. The van der Waals surface area contributed by atoms with Crippen molar-refractivity contribution < 1.29 is 4.79 Å². The Kier molecular flexibility index (Phi) is 6.80. The highest BCUT2D eigenvalue weighted by Gasteiger charge is 2.14.